The van der Waals surface area contributed by atoms with Gasteiger partial charge in [0.1, 0.15) is 5.82 Å². The van der Waals surface area contributed by atoms with E-state index in [1.807, 2.05) is 24.3 Å². The summed E-state index contributed by atoms with van der Waals surface area (Å²) < 4.78 is 1.60. The van der Waals surface area contributed by atoms with Gasteiger partial charge in [-0.2, -0.15) is 5.10 Å². The van der Waals surface area contributed by atoms with E-state index in [1.54, 1.807) is 22.5 Å². The van der Waals surface area contributed by atoms with E-state index in [0.29, 0.717) is 5.75 Å². The van der Waals surface area contributed by atoms with Crippen LogP contribution in [0.4, 0.5) is 0 Å². The summed E-state index contributed by atoms with van der Waals surface area (Å²) in [5.74, 6) is 1.44. The molecular formula is C12H8N4OS. The minimum absolute atomic E-state index is 0.205. The maximum Gasteiger partial charge on any atom is 0.348 e. The van der Waals surface area contributed by atoms with Crippen LogP contribution in [0.15, 0.2) is 40.2 Å². The maximum atomic E-state index is 11.8. The fraction of sp³-hybridized carbons (Fsp3) is 0.0833. The molecule has 1 aromatic carbocycles. The number of benzene rings is 1. The summed E-state index contributed by atoms with van der Waals surface area (Å²) in [5.41, 5.74) is 1.56. The van der Waals surface area contributed by atoms with Gasteiger partial charge in [-0.3, -0.25) is 4.98 Å². The molecule has 88 valence electrons. The SMILES string of the molecule is O=c1[nH]nc2n1-c1cnc3ccccc3c1SC2. The number of para-hydroxylation sites is 1. The maximum absolute atomic E-state index is 11.8. The van der Waals surface area contributed by atoms with Crippen molar-refractivity contribution in [3.05, 3.63) is 46.8 Å². The Bertz CT molecular complexity index is 820. The number of aromatic amines is 1. The molecule has 1 N–H and O–H groups in total. The highest BCUT2D eigenvalue weighted by molar-refractivity contribution is 7.99. The highest BCUT2D eigenvalue weighted by atomic mass is 32.2. The van der Waals surface area contributed by atoms with Crippen molar-refractivity contribution in [1.82, 2.24) is 19.7 Å². The molecule has 1 aliphatic heterocycles. The molecule has 0 aliphatic carbocycles. The van der Waals surface area contributed by atoms with Gasteiger partial charge in [0.15, 0.2) is 0 Å². The Hall–Kier alpha value is -2.08. The topological polar surface area (TPSA) is 63.6 Å². The molecule has 5 nitrogen and oxygen atoms in total. The van der Waals surface area contributed by atoms with Gasteiger partial charge in [-0.1, -0.05) is 18.2 Å². The number of thioether (sulfide) groups is 1. The third-order valence-electron chi connectivity index (χ3n) is 3.04. The molecule has 2 aromatic heterocycles. The van der Waals surface area contributed by atoms with Crippen LogP contribution in [0.3, 0.4) is 0 Å². The van der Waals surface area contributed by atoms with Crippen molar-refractivity contribution in [3.8, 4) is 5.69 Å². The average Bonchev–Trinajstić information content (AvgIpc) is 2.80. The quantitative estimate of drug-likeness (QED) is 0.665. The second kappa shape index (κ2) is 3.46. The number of nitrogens with zero attached hydrogens (tertiary/aromatic N) is 3. The largest absolute Gasteiger partial charge is 0.348 e. The molecule has 3 aromatic rings. The van der Waals surface area contributed by atoms with Crippen LogP contribution in [0.5, 0.6) is 0 Å². The summed E-state index contributed by atoms with van der Waals surface area (Å²) in [4.78, 5) is 17.3. The number of rotatable bonds is 0. The van der Waals surface area contributed by atoms with Gasteiger partial charge in [-0.15, -0.1) is 11.8 Å². The van der Waals surface area contributed by atoms with Gasteiger partial charge in [0, 0.05) is 10.3 Å². The number of nitrogens with one attached hydrogen (secondary N) is 1. The third-order valence-corrected chi connectivity index (χ3v) is 4.16. The van der Waals surface area contributed by atoms with E-state index < -0.39 is 0 Å². The van der Waals surface area contributed by atoms with Crippen molar-refractivity contribution in [2.24, 2.45) is 0 Å². The molecule has 3 heterocycles. The van der Waals surface area contributed by atoms with Crippen LogP contribution in [0, 0.1) is 0 Å². The number of fused-ring (bicyclic) bond motifs is 5. The van der Waals surface area contributed by atoms with Crippen molar-refractivity contribution >= 4 is 22.7 Å². The fourth-order valence-electron chi connectivity index (χ4n) is 2.23. The van der Waals surface area contributed by atoms with Gasteiger partial charge in [0.05, 0.1) is 23.2 Å². The van der Waals surface area contributed by atoms with Crippen LogP contribution in [0.1, 0.15) is 5.82 Å². The van der Waals surface area contributed by atoms with Crippen molar-refractivity contribution in [3.63, 3.8) is 0 Å². The van der Waals surface area contributed by atoms with Crippen molar-refractivity contribution in [1.29, 1.82) is 0 Å². The minimum Gasteiger partial charge on any atom is -0.254 e. The van der Waals surface area contributed by atoms with Crippen LogP contribution in [0.2, 0.25) is 0 Å². The van der Waals surface area contributed by atoms with Crippen molar-refractivity contribution < 1.29 is 0 Å². The molecule has 18 heavy (non-hydrogen) atoms. The van der Waals surface area contributed by atoms with Crippen molar-refractivity contribution in [2.75, 3.05) is 0 Å². The predicted molar refractivity (Wildman–Crippen MR) is 69.0 cm³/mol. The lowest BCUT2D eigenvalue weighted by Crippen LogP contribution is -2.19. The van der Waals surface area contributed by atoms with Crippen LogP contribution in [-0.4, -0.2) is 19.7 Å². The first-order chi connectivity index (χ1) is 8.84. The molecule has 1 aliphatic rings. The van der Waals surface area contributed by atoms with E-state index in [1.165, 1.54) is 0 Å². The van der Waals surface area contributed by atoms with Crippen LogP contribution >= 0.6 is 11.8 Å². The number of hydrogen-bond donors (Lipinski definition) is 1. The summed E-state index contributed by atoms with van der Waals surface area (Å²) >= 11 is 1.69. The summed E-state index contributed by atoms with van der Waals surface area (Å²) in [5, 5.41) is 7.58. The first-order valence-electron chi connectivity index (χ1n) is 5.52. The summed E-state index contributed by atoms with van der Waals surface area (Å²) in [6, 6.07) is 7.96. The van der Waals surface area contributed by atoms with E-state index in [-0.39, 0.29) is 5.69 Å². The zero-order valence-corrected chi connectivity index (χ0v) is 10.1. The molecule has 6 heteroatoms. The first-order valence-corrected chi connectivity index (χ1v) is 6.50. The lowest BCUT2D eigenvalue weighted by Gasteiger charge is -2.17. The van der Waals surface area contributed by atoms with Crippen LogP contribution in [0.25, 0.3) is 16.6 Å². The fourth-order valence-corrected chi connectivity index (χ4v) is 3.32. The second-order valence-electron chi connectivity index (χ2n) is 4.06. The predicted octanol–water partition coefficient (Wildman–Crippen LogP) is 1.71. The standard InChI is InChI=1S/C12H8N4OS/c17-12-15-14-10-6-18-11-7-3-1-2-4-8(7)13-5-9(11)16(10)12/h1-5H,6H2,(H,15,17). The third kappa shape index (κ3) is 1.20. The molecular weight excluding hydrogens is 248 g/mol. The number of aromatic nitrogens is 4. The minimum atomic E-state index is -0.205. The van der Waals surface area contributed by atoms with Gasteiger partial charge in [0.25, 0.3) is 0 Å². The monoisotopic (exact) mass is 256 g/mol. The van der Waals surface area contributed by atoms with Gasteiger partial charge >= 0.3 is 5.69 Å². The molecule has 0 spiro atoms. The Morgan fingerprint density at radius 1 is 1.33 bits per heavy atom. The van der Waals surface area contributed by atoms with Gasteiger partial charge in [-0.05, 0) is 6.07 Å². The Kier molecular flexibility index (Phi) is 1.90. The van der Waals surface area contributed by atoms with E-state index in [4.69, 9.17) is 0 Å². The number of hydrogen-bond acceptors (Lipinski definition) is 4. The van der Waals surface area contributed by atoms with E-state index in [2.05, 4.69) is 15.2 Å². The lowest BCUT2D eigenvalue weighted by atomic mass is 10.2. The molecule has 0 saturated heterocycles. The van der Waals surface area contributed by atoms with Gasteiger partial charge in [-0.25, -0.2) is 14.5 Å². The first kappa shape index (κ1) is 9.90. The van der Waals surface area contributed by atoms with E-state index in [0.717, 1.165) is 27.3 Å². The molecule has 0 amide bonds. The molecule has 4 rings (SSSR count). The molecule has 0 saturated carbocycles. The summed E-state index contributed by atoms with van der Waals surface area (Å²) in [6.45, 7) is 0. The van der Waals surface area contributed by atoms with E-state index in [9.17, 15) is 4.79 Å². The Labute approximate surface area is 106 Å². The van der Waals surface area contributed by atoms with E-state index >= 15 is 0 Å². The van der Waals surface area contributed by atoms with Crippen LogP contribution < -0.4 is 5.69 Å². The normalized spacial score (nSPS) is 13.3. The Balaban J connectivity index is 2.15. The molecule has 0 fully saturated rings. The number of H-pyrrole nitrogens is 1. The van der Waals surface area contributed by atoms with Crippen molar-refractivity contribution in [2.45, 2.75) is 10.6 Å². The van der Waals surface area contributed by atoms with Gasteiger partial charge < -0.3 is 0 Å². The Morgan fingerprint density at radius 2 is 2.22 bits per heavy atom. The highest BCUT2D eigenvalue weighted by Gasteiger charge is 2.22. The van der Waals surface area contributed by atoms with Crippen LogP contribution in [-0.2, 0) is 5.75 Å². The smallest absolute Gasteiger partial charge is 0.254 e. The molecule has 0 unspecified atom stereocenters. The highest BCUT2D eigenvalue weighted by Crippen LogP contribution is 2.37. The molecule has 0 bridgehead atoms. The zero-order chi connectivity index (χ0) is 12.1. The van der Waals surface area contributed by atoms with Gasteiger partial charge in [0.2, 0.25) is 0 Å². The number of pyridine rings is 1. The zero-order valence-electron chi connectivity index (χ0n) is 9.25. The molecule has 0 radical (unpaired) electrons. The second-order valence-corrected chi connectivity index (χ2v) is 5.04. The Morgan fingerprint density at radius 3 is 3.17 bits per heavy atom. The summed E-state index contributed by atoms with van der Waals surface area (Å²) in [7, 11) is 0. The molecule has 0 atom stereocenters. The summed E-state index contributed by atoms with van der Waals surface area (Å²) in [6.07, 6.45) is 1.74. The average molecular weight is 256 g/mol. The lowest BCUT2D eigenvalue weighted by molar-refractivity contribution is 0.895.